The number of nitrogens with two attached hydrogens (primary N) is 2. The highest BCUT2D eigenvalue weighted by Crippen LogP contribution is 2.28. The first kappa shape index (κ1) is 13.8. The third kappa shape index (κ3) is 2.54. The molecule has 0 aliphatic heterocycles. The quantitative estimate of drug-likeness (QED) is 0.893. The number of amides is 2. The number of rotatable bonds is 3. The molecule has 0 saturated heterocycles. The van der Waals surface area contributed by atoms with Gasteiger partial charge in [-0.25, -0.2) is 0 Å². The van der Waals surface area contributed by atoms with E-state index in [-0.39, 0.29) is 0 Å². The van der Waals surface area contributed by atoms with Gasteiger partial charge >= 0.3 is 0 Å². The molecule has 0 heterocycles. The van der Waals surface area contributed by atoms with Crippen LogP contribution in [0.4, 0.5) is 0 Å². The highest BCUT2D eigenvalue weighted by Gasteiger charge is 2.14. The fourth-order valence-electron chi connectivity index (χ4n) is 2.16. The molecule has 0 fully saturated rings. The Labute approximate surface area is 117 Å². The third-order valence-electron chi connectivity index (χ3n) is 3.25. The van der Waals surface area contributed by atoms with Gasteiger partial charge in [0.25, 0.3) is 0 Å². The van der Waals surface area contributed by atoms with E-state index in [9.17, 15) is 9.59 Å². The van der Waals surface area contributed by atoms with Crippen LogP contribution in [0.15, 0.2) is 36.4 Å². The maximum absolute atomic E-state index is 11.6. The molecule has 2 aromatic rings. The van der Waals surface area contributed by atoms with Gasteiger partial charge in [0.15, 0.2) is 0 Å². The van der Waals surface area contributed by atoms with Gasteiger partial charge in [0.05, 0.1) is 0 Å². The topological polar surface area (TPSA) is 86.2 Å². The summed E-state index contributed by atoms with van der Waals surface area (Å²) in [5.74, 6) is -1.07. The fourth-order valence-corrected chi connectivity index (χ4v) is 2.16. The lowest BCUT2D eigenvalue weighted by molar-refractivity contribution is 0.0989. The number of primary amides is 2. The highest BCUT2D eigenvalue weighted by molar-refractivity contribution is 6.03. The zero-order chi connectivity index (χ0) is 14.9. The van der Waals surface area contributed by atoms with Crippen LogP contribution in [0.2, 0.25) is 0 Å². The number of carbonyl (C=O) groups excluding carboxylic acids is 2. The first-order valence-corrected chi connectivity index (χ1v) is 6.21. The van der Waals surface area contributed by atoms with Crippen molar-refractivity contribution in [3.63, 3.8) is 0 Å². The van der Waals surface area contributed by atoms with Crippen molar-refractivity contribution >= 4 is 11.8 Å². The molecule has 2 amide bonds. The maximum atomic E-state index is 11.6. The molecule has 4 N–H and O–H groups in total. The first-order valence-electron chi connectivity index (χ1n) is 6.21. The molecule has 0 aliphatic carbocycles. The van der Waals surface area contributed by atoms with Crippen LogP contribution in [0.3, 0.4) is 0 Å². The summed E-state index contributed by atoms with van der Waals surface area (Å²) >= 11 is 0. The van der Waals surface area contributed by atoms with Crippen LogP contribution >= 0.6 is 0 Å². The Kier molecular flexibility index (Phi) is 3.57. The maximum Gasteiger partial charge on any atom is 0.249 e. The lowest BCUT2D eigenvalue weighted by Crippen LogP contribution is -2.15. The number of carbonyl (C=O) groups is 2. The predicted molar refractivity (Wildman–Crippen MR) is 78.4 cm³/mol. The average molecular weight is 268 g/mol. The van der Waals surface area contributed by atoms with E-state index in [1.165, 1.54) is 6.07 Å². The Balaban J connectivity index is 2.75. The number of hydrogen-bond acceptors (Lipinski definition) is 2. The molecule has 0 atom stereocenters. The highest BCUT2D eigenvalue weighted by atomic mass is 16.1. The lowest BCUT2D eigenvalue weighted by atomic mass is 9.92. The van der Waals surface area contributed by atoms with Crippen LogP contribution in [-0.2, 0) is 0 Å². The molecule has 0 bridgehead atoms. The molecule has 0 aromatic heterocycles. The van der Waals surface area contributed by atoms with E-state index < -0.39 is 11.8 Å². The number of aryl methyl sites for hydroxylation is 2. The molecular formula is C16H16N2O2. The Hall–Kier alpha value is -2.62. The minimum Gasteiger partial charge on any atom is -0.366 e. The van der Waals surface area contributed by atoms with Gasteiger partial charge in [-0.1, -0.05) is 23.8 Å². The Morgan fingerprint density at radius 2 is 1.55 bits per heavy atom. The molecule has 2 aromatic carbocycles. The van der Waals surface area contributed by atoms with Crippen LogP contribution in [0.1, 0.15) is 31.8 Å². The second-order valence-corrected chi connectivity index (χ2v) is 4.81. The van der Waals surface area contributed by atoms with E-state index in [0.29, 0.717) is 16.7 Å². The van der Waals surface area contributed by atoms with Crippen LogP contribution in [0.5, 0.6) is 0 Å². The monoisotopic (exact) mass is 268 g/mol. The summed E-state index contributed by atoms with van der Waals surface area (Å²) in [4.78, 5) is 22.9. The van der Waals surface area contributed by atoms with E-state index in [1.54, 1.807) is 12.1 Å². The fraction of sp³-hybridized carbons (Fsp3) is 0.125. The molecule has 102 valence electrons. The summed E-state index contributed by atoms with van der Waals surface area (Å²) in [6.45, 7) is 3.90. The lowest BCUT2D eigenvalue weighted by Gasteiger charge is -2.12. The molecule has 0 aliphatic rings. The van der Waals surface area contributed by atoms with E-state index in [4.69, 9.17) is 11.5 Å². The number of hydrogen-bond donors (Lipinski definition) is 2. The first-order chi connectivity index (χ1) is 9.40. The smallest absolute Gasteiger partial charge is 0.249 e. The Bertz CT molecular complexity index is 706. The summed E-state index contributed by atoms with van der Waals surface area (Å²) in [6.07, 6.45) is 0. The Morgan fingerprint density at radius 1 is 0.850 bits per heavy atom. The van der Waals surface area contributed by atoms with Crippen molar-refractivity contribution in [3.05, 3.63) is 58.7 Å². The SMILES string of the molecule is Cc1ccc(C)c(-c2cc(C(N)=O)ccc2C(N)=O)c1. The van der Waals surface area contributed by atoms with Crippen molar-refractivity contribution < 1.29 is 9.59 Å². The van der Waals surface area contributed by atoms with Crippen LogP contribution < -0.4 is 11.5 Å². The van der Waals surface area contributed by atoms with Gasteiger partial charge in [-0.15, -0.1) is 0 Å². The van der Waals surface area contributed by atoms with E-state index >= 15 is 0 Å². The zero-order valence-electron chi connectivity index (χ0n) is 11.4. The third-order valence-corrected chi connectivity index (χ3v) is 3.25. The van der Waals surface area contributed by atoms with Crippen molar-refractivity contribution in [3.8, 4) is 11.1 Å². The Morgan fingerprint density at radius 3 is 2.15 bits per heavy atom. The van der Waals surface area contributed by atoms with Crippen LogP contribution in [-0.4, -0.2) is 11.8 Å². The second kappa shape index (κ2) is 5.17. The van der Waals surface area contributed by atoms with E-state index in [1.807, 2.05) is 32.0 Å². The normalized spacial score (nSPS) is 10.3. The summed E-state index contributed by atoms with van der Waals surface area (Å²) in [7, 11) is 0. The number of benzene rings is 2. The molecule has 0 unspecified atom stereocenters. The minimum atomic E-state index is -0.535. The molecule has 0 radical (unpaired) electrons. The van der Waals surface area contributed by atoms with Gasteiger partial charge in [0.2, 0.25) is 11.8 Å². The molecule has 20 heavy (non-hydrogen) atoms. The molecule has 4 nitrogen and oxygen atoms in total. The van der Waals surface area contributed by atoms with Crippen molar-refractivity contribution in [1.82, 2.24) is 0 Å². The van der Waals surface area contributed by atoms with Gasteiger partial charge in [-0.05, 0) is 48.7 Å². The summed E-state index contributed by atoms with van der Waals surface area (Å²) in [6, 6.07) is 10.6. The van der Waals surface area contributed by atoms with Gasteiger partial charge in [0, 0.05) is 11.1 Å². The van der Waals surface area contributed by atoms with E-state index in [2.05, 4.69) is 0 Å². The zero-order valence-corrected chi connectivity index (χ0v) is 11.4. The van der Waals surface area contributed by atoms with Crippen molar-refractivity contribution in [1.29, 1.82) is 0 Å². The van der Waals surface area contributed by atoms with Crippen molar-refractivity contribution in [2.24, 2.45) is 11.5 Å². The van der Waals surface area contributed by atoms with Gasteiger partial charge < -0.3 is 11.5 Å². The molecule has 2 rings (SSSR count). The molecule has 0 saturated carbocycles. The average Bonchev–Trinajstić information content (AvgIpc) is 2.40. The van der Waals surface area contributed by atoms with E-state index in [0.717, 1.165) is 16.7 Å². The van der Waals surface area contributed by atoms with Crippen LogP contribution in [0.25, 0.3) is 11.1 Å². The predicted octanol–water partition coefficient (Wildman–Crippen LogP) is 2.17. The van der Waals surface area contributed by atoms with Crippen LogP contribution in [0, 0.1) is 13.8 Å². The van der Waals surface area contributed by atoms with Crippen molar-refractivity contribution in [2.45, 2.75) is 13.8 Å². The van der Waals surface area contributed by atoms with Gasteiger partial charge in [-0.2, -0.15) is 0 Å². The standard InChI is InChI=1S/C16H16N2O2/c1-9-3-4-10(2)13(7-9)14-8-11(15(17)19)5-6-12(14)16(18)20/h3-8H,1-2H3,(H2,17,19)(H2,18,20). The summed E-state index contributed by atoms with van der Waals surface area (Å²) < 4.78 is 0. The molecule has 4 heteroatoms. The summed E-state index contributed by atoms with van der Waals surface area (Å²) in [5, 5.41) is 0. The largest absolute Gasteiger partial charge is 0.366 e. The van der Waals surface area contributed by atoms with Crippen molar-refractivity contribution in [2.75, 3.05) is 0 Å². The summed E-state index contributed by atoms with van der Waals surface area (Å²) in [5.41, 5.74) is 15.0. The van der Waals surface area contributed by atoms with Gasteiger partial charge in [0.1, 0.15) is 0 Å². The molecular weight excluding hydrogens is 252 g/mol. The molecule has 0 spiro atoms. The van der Waals surface area contributed by atoms with Gasteiger partial charge in [-0.3, -0.25) is 9.59 Å². The minimum absolute atomic E-state index is 0.353. The second-order valence-electron chi connectivity index (χ2n) is 4.81.